The molecule has 0 amide bonds. The Labute approximate surface area is 95.6 Å². The molecular weight excluding hydrogens is 222 g/mol. The van der Waals surface area contributed by atoms with Crippen molar-refractivity contribution in [2.45, 2.75) is 0 Å². The largest absolute Gasteiger partial charge is 0.334 e. The van der Waals surface area contributed by atoms with Crippen LogP contribution in [-0.2, 0) is 0 Å². The second-order valence-electron chi connectivity index (χ2n) is 3.14. The highest BCUT2D eigenvalue weighted by atomic mass is 32.1. The SMILES string of the molecule is c1cncc(-c2nc(-c3cccs3)no2)c1. The Morgan fingerprint density at radius 3 is 2.94 bits per heavy atom. The normalized spacial score (nSPS) is 10.5. The van der Waals surface area contributed by atoms with E-state index in [0.717, 1.165) is 10.4 Å². The van der Waals surface area contributed by atoms with Crippen molar-refractivity contribution in [3.05, 3.63) is 42.0 Å². The van der Waals surface area contributed by atoms with E-state index in [1.54, 1.807) is 23.7 Å². The van der Waals surface area contributed by atoms with Crippen molar-refractivity contribution in [2.75, 3.05) is 0 Å². The number of rotatable bonds is 2. The van der Waals surface area contributed by atoms with Gasteiger partial charge in [0, 0.05) is 12.4 Å². The fourth-order valence-corrected chi connectivity index (χ4v) is 1.99. The van der Waals surface area contributed by atoms with Crippen LogP contribution in [0.25, 0.3) is 22.2 Å². The summed E-state index contributed by atoms with van der Waals surface area (Å²) < 4.78 is 5.18. The van der Waals surface area contributed by atoms with Gasteiger partial charge in [-0.15, -0.1) is 11.3 Å². The number of hydrogen-bond acceptors (Lipinski definition) is 5. The van der Waals surface area contributed by atoms with E-state index >= 15 is 0 Å². The molecule has 4 nitrogen and oxygen atoms in total. The highest BCUT2D eigenvalue weighted by molar-refractivity contribution is 7.13. The van der Waals surface area contributed by atoms with Crippen LogP contribution >= 0.6 is 11.3 Å². The summed E-state index contributed by atoms with van der Waals surface area (Å²) in [5.41, 5.74) is 0.831. The first-order valence-electron chi connectivity index (χ1n) is 4.71. The molecule has 0 N–H and O–H groups in total. The second kappa shape index (κ2) is 3.86. The molecule has 0 saturated carbocycles. The lowest BCUT2D eigenvalue weighted by atomic mass is 10.3. The van der Waals surface area contributed by atoms with Gasteiger partial charge in [0.25, 0.3) is 5.89 Å². The summed E-state index contributed by atoms with van der Waals surface area (Å²) in [7, 11) is 0. The van der Waals surface area contributed by atoms with Gasteiger partial charge in [0.15, 0.2) is 0 Å². The zero-order chi connectivity index (χ0) is 10.8. The van der Waals surface area contributed by atoms with E-state index in [-0.39, 0.29) is 0 Å². The van der Waals surface area contributed by atoms with Crippen LogP contribution in [-0.4, -0.2) is 15.1 Å². The van der Waals surface area contributed by atoms with Crippen LogP contribution in [0.3, 0.4) is 0 Å². The summed E-state index contributed by atoms with van der Waals surface area (Å²) in [6.45, 7) is 0. The van der Waals surface area contributed by atoms with E-state index in [1.807, 2.05) is 29.6 Å². The van der Waals surface area contributed by atoms with Crippen molar-refractivity contribution in [3.8, 4) is 22.2 Å². The zero-order valence-corrected chi connectivity index (χ0v) is 9.02. The van der Waals surface area contributed by atoms with Gasteiger partial charge in [-0.05, 0) is 23.6 Å². The average Bonchev–Trinajstić information content (AvgIpc) is 3.01. The lowest BCUT2D eigenvalue weighted by Crippen LogP contribution is -1.79. The third kappa shape index (κ3) is 1.61. The summed E-state index contributed by atoms with van der Waals surface area (Å²) in [6, 6.07) is 7.64. The van der Waals surface area contributed by atoms with Crippen molar-refractivity contribution in [2.24, 2.45) is 0 Å². The average molecular weight is 229 g/mol. The van der Waals surface area contributed by atoms with Crippen molar-refractivity contribution < 1.29 is 4.52 Å². The fraction of sp³-hybridized carbons (Fsp3) is 0. The molecule has 0 spiro atoms. The molecule has 0 aromatic carbocycles. The Bertz CT molecular complexity index is 574. The van der Waals surface area contributed by atoms with Gasteiger partial charge in [0.2, 0.25) is 5.82 Å². The second-order valence-corrected chi connectivity index (χ2v) is 4.09. The molecule has 0 atom stereocenters. The lowest BCUT2D eigenvalue weighted by molar-refractivity contribution is 0.432. The van der Waals surface area contributed by atoms with Gasteiger partial charge in [-0.1, -0.05) is 11.2 Å². The summed E-state index contributed by atoms with van der Waals surface area (Å²) in [6.07, 6.45) is 3.41. The maximum Gasteiger partial charge on any atom is 0.259 e. The Kier molecular flexibility index (Phi) is 2.23. The van der Waals surface area contributed by atoms with E-state index in [0.29, 0.717) is 11.7 Å². The molecule has 0 radical (unpaired) electrons. The van der Waals surface area contributed by atoms with Crippen molar-refractivity contribution in [1.29, 1.82) is 0 Å². The van der Waals surface area contributed by atoms with Crippen LogP contribution in [0.5, 0.6) is 0 Å². The highest BCUT2D eigenvalue weighted by Gasteiger charge is 2.10. The Hall–Kier alpha value is -2.01. The van der Waals surface area contributed by atoms with E-state index in [9.17, 15) is 0 Å². The minimum atomic E-state index is 0.497. The predicted molar refractivity (Wildman–Crippen MR) is 60.8 cm³/mol. The lowest BCUT2D eigenvalue weighted by Gasteiger charge is -1.89. The number of aromatic nitrogens is 3. The van der Waals surface area contributed by atoms with Gasteiger partial charge in [-0.25, -0.2) is 0 Å². The summed E-state index contributed by atoms with van der Waals surface area (Å²) in [5.74, 6) is 1.12. The minimum Gasteiger partial charge on any atom is -0.334 e. The number of pyridine rings is 1. The molecule has 5 heteroatoms. The van der Waals surface area contributed by atoms with Gasteiger partial charge in [0.05, 0.1) is 10.4 Å². The molecule has 0 aliphatic carbocycles. The molecule has 0 saturated heterocycles. The molecule has 3 aromatic heterocycles. The van der Waals surface area contributed by atoms with E-state index in [1.165, 1.54) is 0 Å². The predicted octanol–water partition coefficient (Wildman–Crippen LogP) is 2.86. The van der Waals surface area contributed by atoms with Gasteiger partial charge in [-0.3, -0.25) is 4.98 Å². The van der Waals surface area contributed by atoms with Crippen LogP contribution in [0.1, 0.15) is 0 Å². The Balaban J connectivity index is 2.00. The van der Waals surface area contributed by atoms with Crippen LogP contribution in [0.4, 0.5) is 0 Å². The molecular formula is C11H7N3OS. The van der Waals surface area contributed by atoms with Gasteiger partial charge < -0.3 is 4.52 Å². The third-order valence-electron chi connectivity index (χ3n) is 2.08. The minimum absolute atomic E-state index is 0.497. The first-order chi connectivity index (χ1) is 7.93. The molecule has 3 rings (SSSR count). The van der Waals surface area contributed by atoms with Crippen molar-refractivity contribution >= 4 is 11.3 Å². The zero-order valence-electron chi connectivity index (χ0n) is 8.20. The first-order valence-corrected chi connectivity index (χ1v) is 5.59. The Morgan fingerprint density at radius 2 is 2.19 bits per heavy atom. The van der Waals surface area contributed by atoms with Gasteiger partial charge >= 0.3 is 0 Å². The van der Waals surface area contributed by atoms with E-state index in [2.05, 4.69) is 15.1 Å². The van der Waals surface area contributed by atoms with Crippen LogP contribution in [0.15, 0.2) is 46.6 Å². The van der Waals surface area contributed by atoms with Crippen LogP contribution < -0.4 is 0 Å². The van der Waals surface area contributed by atoms with Gasteiger partial charge in [-0.2, -0.15) is 4.98 Å². The molecule has 3 heterocycles. The van der Waals surface area contributed by atoms with Crippen LogP contribution in [0.2, 0.25) is 0 Å². The summed E-state index contributed by atoms with van der Waals surface area (Å²) in [5, 5.41) is 5.91. The van der Waals surface area contributed by atoms with E-state index in [4.69, 9.17) is 4.52 Å². The third-order valence-corrected chi connectivity index (χ3v) is 2.94. The first kappa shape index (κ1) is 9.23. The van der Waals surface area contributed by atoms with Crippen molar-refractivity contribution in [3.63, 3.8) is 0 Å². The number of thiophene rings is 1. The highest BCUT2D eigenvalue weighted by Crippen LogP contribution is 2.24. The van der Waals surface area contributed by atoms with Crippen LogP contribution in [0, 0.1) is 0 Å². The topological polar surface area (TPSA) is 51.8 Å². The number of nitrogens with zero attached hydrogens (tertiary/aromatic N) is 3. The molecule has 0 bridgehead atoms. The molecule has 78 valence electrons. The summed E-state index contributed by atoms with van der Waals surface area (Å²) >= 11 is 1.58. The quantitative estimate of drug-likeness (QED) is 0.678. The van der Waals surface area contributed by atoms with Crippen molar-refractivity contribution in [1.82, 2.24) is 15.1 Å². The monoisotopic (exact) mass is 229 g/mol. The smallest absolute Gasteiger partial charge is 0.259 e. The van der Waals surface area contributed by atoms with Gasteiger partial charge in [0.1, 0.15) is 0 Å². The molecule has 16 heavy (non-hydrogen) atoms. The maximum absolute atomic E-state index is 5.18. The van der Waals surface area contributed by atoms with E-state index < -0.39 is 0 Å². The summed E-state index contributed by atoms with van der Waals surface area (Å²) in [4.78, 5) is 9.32. The standard InChI is InChI=1S/C11H7N3OS/c1-3-8(7-12-5-1)11-13-10(14-15-11)9-4-2-6-16-9/h1-7H. The fourth-order valence-electron chi connectivity index (χ4n) is 1.34. The molecule has 3 aromatic rings. The number of hydrogen-bond donors (Lipinski definition) is 0. The Morgan fingerprint density at radius 1 is 1.19 bits per heavy atom. The molecule has 0 aliphatic rings. The maximum atomic E-state index is 5.18. The molecule has 0 unspecified atom stereocenters. The molecule has 0 fully saturated rings. The molecule has 0 aliphatic heterocycles.